The van der Waals surface area contributed by atoms with E-state index < -0.39 is 0 Å². The average Bonchev–Trinajstić information content (AvgIpc) is 2.78. The molecule has 0 fully saturated rings. The molecule has 0 aliphatic heterocycles. The normalized spacial score (nSPS) is 11.3. The van der Waals surface area contributed by atoms with Gasteiger partial charge in [-0.1, -0.05) is 32.3 Å². The van der Waals surface area contributed by atoms with Crippen LogP contribution in [0.2, 0.25) is 0 Å². The fourth-order valence-corrected chi connectivity index (χ4v) is 3.75. The van der Waals surface area contributed by atoms with Gasteiger partial charge < -0.3 is 14.6 Å². The molecule has 3 aromatic rings. The molecule has 0 bridgehead atoms. The number of aromatic nitrogens is 3. The first-order chi connectivity index (χ1) is 15.5. The summed E-state index contributed by atoms with van der Waals surface area (Å²) in [5.74, 6) is -0.357. The maximum atomic E-state index is 13.3. The van der Waals surface area contributed by atoms with Gasteiger partial charge in [-0.15, -0.1) is 0 Å². The number of nitrogens with zero attached hydrogens (tertiary/aromatic N) is 3. The molecule has 0 spiro atoms. The molecule has 0 atom stereocenters. The molecule has 0 aliphatic carbocycles. The minimum Gasteiger partial charge on any atom is -0.382 e. The van der Waals surface area contributed by atoms with E-state index in [0.717, 1.165) is 31.2 Å². The van der Waals surface area contributed by atoms with Crippen LogP contribution in [0.3, 0.4) is 0 Å². The van der Waals surface area contributed by atoms with Crippen LogP contribution >= 0.6 is 0 Å². The van der Waals surface area contributed by atoms with Gasteiger partial charge in [0.2, 0.25) is 0 Å². The highest BCUT2D eigenvalue weighted by atomic mass is 16.5. The first kappa shape index (κ1) is 23.7. The molecule has 0 aromatic carbocycles. The lowest BCUT2D eigenvalue weighted by Crippen LogP contribution is -2.35. The Morgan fingerprint density at radius 3 is 2.75 bits per heavy atom. The van der Waals surface area contributed by atoms with Gasteiger partial charge in [-0.25, -0.2) is 4.98 Å². The zero-order valence-corrected chi connectivity index (χ0v) is 19.2. The predicted octanol–water partition coefficient (Wildman–Crippen LogP) is 3.17. The second kappa shape index (κ2) is 11.0. The van der Waals surface area contributed by atoms with Gasteiger partial charge in [0.1, 0.15) is 16.8 Å². The van der Waals surface area contributed by atoms with Crippen LogP contribution in [0, 0.1) is 12.3 Å². The van der Waals surface area contributed by atoms with Gasteiger partial charge >= 0.3 is 0 Å². The highest BCUT2D eigenvalue weighted by Crippen LogP contribution is 2.13. The Hall–Kier alpha value is -3.00. The van der Waals surface area contributed by atoms with E-state index in [9.17, 15) is 9.59 Å². The molecule has 172 valence electrons. The van der Waals surface area contributed by atoms with Crippen molar-refractivity contribution in [2.75, 3.05) is 19.8 Å². The number of unbranched alkanes of at least 4 members (excludes halogenated alkanes) is 3. The van der Waals surface area contributed by atoms with Crippen LogP contribution in [0.25, 0.3) is 16.7 Å². The molecule has 2 N–H and O–H groups in total. The van der Waals surface area contributed by atoms with E-state index in [-0.39, 0.29) is 22.5 Å². The van der Waals surface area contributed by atoms with Gasteiger partial charge in [-0.2, -0.15) is 0 Å². The SMILES string of the molecule is CCCCCCn1c(=N)c(C(=O)NCCCOCC)cc2c(=O)n3cc(C)ccc3nc21. The Morgan fingerprint density at radius 2 is 2.00 bits per heavy atom. The number of hydrogen-bond acceptors (Lipinski definition) is 5. The third-order valence-electron chi connectivity index (χ3n) is 5.49. The Kier molecular flexibility index (Phi) is 8.16. The maximum Gasteiger partial charge on any atom is 0.267 e. The van der Waals surface area contributed by atoms with E-state index in [1.165, 1.54) is 10.5 Å². The minimum atomic E-state index is -0.357. The summed E-state index contributed by atoms with van der Waals surface area (Å²) in [6.07, 6.45) is 6.51. The van der Waals surface area contributed by atoms with Crippen molar-refractivity contribution in [1.29, 1.82) is 5.41 Å². The Morgan fingerprint density at radius 1 is 1.19 bits per heavy atom. The fourth-order valence-electron chi connectivity index (χ4n) is 3.75. The zero-order valence-electron chi connectivity index (χ0n) is 19.2. The molecule has 8 nitrogen and oxygen atoms in total. The number of pyridine rings is 2. The number of rotatable bonds is 11. The van der Waals surface area contributed by atoms with Crippen LogP contribution < -0.4 is 16.4 Å². The first-order valence-corrected chi connectivity index (χ1v) is 11.4. The summed E-state index contributed by atoms with van der Waals surface area (Å²) in [6, 6.07) is 5.23. The van der Waals surface area contributed by atoms with E-state index in [1.807, 2.05) is 19.9 Å². The van der Waals surface area contributed by atoms with Gasteiger partial charge in [0, 0.05) is 32.5 Å². The number of amides is 1. The molecular formula is C24H33N5O3. The molecule has 0 radical (unpaired) electrons. The number of carbonyl (C=O) groups is 1. The van der Waals surface area contributed by atoms with Crippen LogP contribution in [-0.4, -0.2) is 39.6 Å². The lowest BCUT2D eigenvalue weighted by Gasteiger charge is -2.15. The largest absolute Gasteiger partial charge is 0.382 e. The van der Waals surface area contributed by atoms with Gasteiger partial charge in [0.05, 0.1) is 10.9 Å². The summed E-state index contributed by atoms with van der Waals surface area (Å²) in [5.41, 5.74) is 1.96. The molecule has 0 unspecified atom stereocenters. The lowest BCUT2D eigenvalue weighted by molar-refractivity contribution is 0.0942. The molecule has 0 saturated heterocycles. The van der Waals surface area contributed by atoms with Crippen LogP contribution in [0.5, 0.6) is 0 Å². The van der Waals surface area contributed by atoms with Gasteiger partial charge in [0.25, 0.3) is 11.5 Å². The number of carbonyl (C=O) groups excluding carboxylic acids is 1. The van der Waals surface area contributed by atoms with E-state index in [0.29, 0.717) is 49.4 Å². The van der Waals surface area contributed by atoms with Gasteiger partial charge in [-0.3, -0.25) is 19.4 Å². The molecule has 1 amide bonds. The predicted molar refractivity (Wildman–Crippen MR) is 125 cm³/mol. The third kappa shape index (κ3) is 5.24. The Balaban J connectivity index is 2.07. The van der Waals surface area contributed by atoms with Crippen molar-refractivity contribution in [2.24, 2.45) is 0 Å². The van der Waals surface area contributed by atoms with Crippen molar-refractivity contribution in [3.05, 3.63) is 51.4 Å². The summed E-state index contributed by atoms with van der Waals surface area (Å²) in [4.78, 5) is 30.9. The molecule has 0 aliphatic rings. The molecule has 32 heavy (non-hydrogen) atoms. The van der Waals surface area contributed by atoms with Crippen molar-refractivity contribution in [1.82, 2.24) is 19.3 Å². The number of aryl methyl sites for hydroxylation is 2. The zero-order chi connectivity index (χ0) is 23.1. The van der Waals surface area contributed by atoms with Crippen molar-refractivity contribution in [3.63, 3.8) is 0 Å². The van der Waals surface area contributed by atoms with Crippen molar-refractivity contribution in [3.8, 4) is 0 Å². The van der Waals surface area contributed by atoms with E-state index in [2.05, 4.69) is 12.2 Å². The summed E-state index contributed by atoms with van der Waals surface area (Å²) >= 11 is 0. The van der Waals surface area contributed by atoms with Gasteiger partial charge in [-0.05, 0) is 44.4 Å². The topological polar surface area (TPSA) is 101 Å². The van der Waals surface area contributed by atoms with Crippen LogP contribution in [0.4, 0.5) is 0 Å². The van der Waals surface area contributed by atoms with E-state index in [4.69, 9.17) is 15.1 Å². The number of ether oxygens (including phenoxy) is 1. The van der Waals surface area contributed by atoms with Crippen molar-refractivity contribution >= 4 is 22.6 Å². The highest BCUT2D eigenvalue weighted by Gasteiger charge is 2.17. The molecular weight excluding hydrogens is 406 g/mol. The lowest BCUT2D eigenvalue weighted by atomic mass is 10.1. The van der Waals surface area contributed by atoms with Crippen molar-refractivity contribution < 1.29 is 9.53 Å². The summed E-state index contributed by atoms with van der Waals surface area (Å²) in [7, 11) is 0. The molecule has 3 rings (SSSR count). The van der Waals surface area contributed by atoms with Crippen LogP contribution in [-0.2, 0) is 11.3 Å². The summed E-state index contributed by atoms with van der Waals surface area (Å²) in [5, 5.41) is 11.9. The number of fused-ring (bicyclic) bond motifs is 2. The average molecular weight is 440 g/mol. The molecule has 8 heteroatoms. The standard InChI is InChI=1S/C24H33N5O3/c1-4-6-7-8-13-28-21(25)18(23(30)26-12-9-14-32-5-2)15-19-22(28)27-20-11-10-17(3)16-29(20)24(19)31/h10-11,15-16,25H,4-9,12-14H2,1-3H3,(H,26,30). The minimum absolute atomic E-state index is 0.0830. The second-order valence-corrected chi connectivity index (χ2v) is 8.01. The monoisotopic (exact) mass is 439 g/mol. The fraction of sp³-hybridized carbons (Fsp3) is 0.500. The molecule has 3 aromatic heterocycles. The smallest absolute Gasteiger partial charge is 0.267 e. The maximum absolute atomic E-state index is 13.3. The van der Waals surface area contributed by atoms with Crippen molar-refractivity contribution in [2.45, 2.75) is 59.4 Å². The summed E-state index contributed by atoms with van der Waals surface area (Å²) < 4.78 is 8.52. The van der Waals surface area contributed by atoms with Crippen LogP contribution in [0.15, 0.2) is 29.2 Å². The second-order valence-electron chi connectivity index (χ2n) is 8.01. The molecule has 0 saturated carbocycles. The Bertz CT molecular complexity index is 1210. The van der Waals surface area contributed by atoms with Crippen LogP contribution in [0.1, 0.15) is 61.9 Å². The number of nitrogens with one attached hydrogen (secondary N) is 2. The number of hydrogen-bond donors (Lipinski definition) is 2. The summed E-state index contributed by atoms with van der Waals surface area (Å²) in [6.45, 7) is 8.17. The molecule has 3 heterocycles. The quantitative estimate of drug-likeness (QED) is 0.354. The van der Waals surface area contributed by atoms with E-state index >= 15 is 0 Å². The highest BCUT2D eigenvalue weighted by molar-refractivity contribution is 5.96. The van der Waals surface area contributed by atoms with Gasteiger partial charge in [0.15, 0.2) is 0 Å². The Labute approximate surface area is 187 Å². The van der Waals surface area contributed by atoms with E-state index in [1.54, 1.807) is 16.8 Å². The third-order valence-corrected chi connectivity index (χ3v) is 5.49. The first-order valence-electron chi connectivity index (χ1n) is 11.4.